The molecule has 0 aromatic carbocycles. The molecule has 0 amide bonds. The van der Waals surface area contributed by atoms with Crippen molar-refractivity contribution in [2.75, 3.05) is 13.2 Å². The maximum atomic E-state index is 12.5. The summed E-state index contributed by atoms with van der Waals surface area (Å²) in [5.74, 6) is 0. The summed E-state index contributed by atoms with van der Waals surface area (Å²) in [6.45, 7) is 1.12. The van der Waals surface area contributed by atoms with Crippen molar-refractivity contribution < 1.29 is 17.0 Å². The largest absolute Gasteiger partial charge is 0.379 e. The number of rotatable bonds is 2. The summed E-state index contributed by atoms with van der Waals surface area (Å²) in [5.41, 5.74) is 0. The van der Waals surface area contributed by atoms with Crippen molar-refractivity contribution in [3.05, 3.63) is 12.4 Å². The number of ether oxygens (including phenoxy) is 1. The Bertz CT molecular complexity index is 422. The highest BCUT2D eigenvalue weighted by molar-refractivity contribution is 7.86. The Morgan fingerprint density at radius 2 is 2.43 bits per heavy atom. The van der Waals surface area contributed by atoms with Gasteiger partial charge < -0.3 is 4.74 Å². The number of halogens is 1. The molecular weight excluding hydrogens is 211 g/mol. The van der Waals surface area contributed by atoms with Crippen LogP contribution in [0.1, 0.15) is 12.5 Å². The van der Waals surface area contributed by atoms with Gasteiger partial charge in [-0.25, -0.2) is 0 Å². The van der Waals surface area contributed by atoms with Gasteiger partial charge in [0.2, 0.25) is 0 Å². The van der Waals surface area contributed by atoms with Crippen molar-refractivity contribution in [1.82, 2.24) is 9.78 Å². The first kappa shape index (κ1) is 9.60. The molecular formula is C7H9FN2O3S. The number of nitrogens with zero attached hydrogens (tertiary/aromatic N) is 2. The lowest BCUT2D eigenvalue weighted by Crippen LogP contribution is -2.08. The van der Waals surface area contributed by atoms with Gasteiger partial charge in [-0.3, -0.25) is 4.68 Å². The van der Waals surface area contributed by atoms with E-state index in [1.165, 1.54) is 10.9 Å². The minimum absolute atomic E-state index is 0.0190. The molecule has 1 aliphatic heterocycles. The fraction of sp³-hybridized carbons (Fsp3) is 0.571. The number of aromatic nitrogens is 2. The van der Waals surface area contributed by atoms with Crippen molar-refractivity contribution in [1.29, 1.82) is 0 Å². The van der Waals surface area contributed by atoms with Crippen LogP contribution < -0.4 is 0 Å². The monoisotopic (exact) mass is 220 g/mol. The van der Waals surface area contributed by atoms with Gasteiger partial charge in [0.25, 0.3) is 0 Å². The summed E-state index contributed by atoms with van der Waals surface area (Å²) in [6.07, 6.45) is 2.97. The summed E-state index contributed by atoms with van der Waals surface area (Å²) in [4.78, 5) is -0.399. The molecule has 0 saturated carbocycles. The van der Waals surface area contributed by atoms with E-state index in [1.807, 2.05) is 0 Å². The normalized spacial score (nSPS) is 22.8. The highest BCUT2D eigenvalue weighted by atomic mass is 32.3. The van der Waals surface area contributed by atoms with E-state index in [-0.39, 0.29) is 6.04 Å². The molecule has 2 rings (SSSR count). The fourth-order valence-electron chi connectivity index (χ4n) is 1.38. The predicted molar refractivity (Wildman–Crippen MR) is 45.0 cm³/mol. The molecule has 1 aromatic heterocycles. The first-order valence-electron chi connectivity index (χ1n) is 4.14. The van der Waals surface area contributed by atoms with Crippen LogP contribution in [0.25, 0.3) is 0 Å². The van der Waals surface area contributed by atoms with E-state index < -0.39 is 15.1 Å². The van der Waals surface area contributed by atoms with Gasteiger partial charge in [0, 0.05) is 12.8 Å². The minimum atomic E-state index is -4.64. The number of hydrogen-bond donors (Lipinski definition) is 0. The standard InChI is InChI=1S/C7H9FN2O3S/c8-14(11,12)7-3-9-10(4-7)6-1-2-13-5-6/h3-4,6H,1-2,5H2. The van der Waals surface area contributed by atoms with Gasteiger partial charge in [-0.1, -0.05) is 0 Å². The highest BCUT2D eigenvalue weighted by Gasteiger charge is 2.21. The molecule has 0 spiro atoms. The highest BCUT2D eigenvalue weighted by Crippen LogP contribution is 2.20. The van der Waals surface area contributed by atoms with E-state index >= 15 is 0 Å². The van der Waals surface area contributed by atoms with E-state index in [1.54, 1.807) is 0 Å². The first-order valence-corrected chi connectivity index (χ1v) is 5.52. The van der Waals surface area contributed by atoms with Crippen LogP contribution in [0.5, 0.6) is 0 Å². The average molecular weight is 220 g/mol. The Kier molecular flexibility index (Phi) is 2.28. The summed E-state index contributed by atoms with van der Waals surface area (Å²) in [5, 5.41) is 3.78. The van der Waals surface area contributed by atoms with Crippen LogP contribution in [0.3, 0.4) is 0 Å². The molecule has 14 heavy (non-hydrogen) atoms. The molecule has 1 aliphatic rings. The van der Waals surface area contributed by atoms with Crippen LogP contribution in [0.4, 0.5) is 3.89 Å². The van der Waals surface area contributed by atoms with Crippen LogP contribution in [0.2, 0.25) is 0 Å². The van der Waals surface area contributed by atoms with Crippen LogP contribution in [-0.2, 0) is 15.0 Å². The van der Waals surface area contributed by atoms with Crippen LogP contribution in [0.15, 0.2) is 17.3 Å². The third kappa shape index (κ3) is 1.78. The number of hydrogen-bond acceptors (Lipinski definition) is 4. The van der Waals surface area contributed by atoms with Gasteiger partial charge in [-0.2, -0.15) is 13.5 Å². The Morgan fingerprint density at radius 1 is 1.64 bits per heavy atom. The summed E-state index contributed by atoms with van der Waals surface area (Å²) in [7, 11) is -4.64. The molecule has 1 atom stereocenters. The third-order valence-corrected chi connectivity index (χ3v) is 2.91. The molecule has 0 N–H and O–H groups in total. The molecule has 1 aromatic rings. The third-order valence-electron chi connectivity index (χ3n) is 2.14. The topological polar surface area (TPSA) is 61.2 Å². The average Bonchev–Trinajstić information content (AvgIpc) is 2.73. The molecule has 0 bridgehead atoms. The Balaban J connectivity index is 2.25. The zero-order valence-electron chi connectivity index (χ0n) is 7.26. The second kappa shape index (κ2) is 3.32. The van der Waals surface area contributed by atoms with Crippen molar-refractivity contribution >= 4 is 10.2 Å². The smallest absolute Gasteiger partial charge is 0.335 e. The fourth-order valence-corrected chi connectivity index (χ4v) is 1.78. The molecule has 1 fully saturated rings. The summed E-state index contributed by atoms with van der Waals surface area (Å²) < 4.78 is 40.1. The van der Waals surface area contributed by atoms with Crippen LogP contribution in [-0.4, -0.2) is 31.4 Å². The molecule has 5 nitrogen and oxygen atoms in total. The Hall–Kier alpha value is -0.950. The second-order valence-electron chi connectivity index (χ2n) is 3.11. The van der Waals surface area contributed by atoms with Crippen molar-refractivity contribution in [3.63, 3.8) is 0 Å². The lowest BCUT2D eigenvalue weighted by atomic mass is 10.3. The molecule has 7 heteroatoms. The van der Waals surface area contributed by atoms with E-state index in [0.29, 0.717) is 13.2 Å². The van der Waals surface area contributed by atoms with Gasteiger partial charge in [0.05, 0.1) is 18.8 Å². The van der Waals surface area contributed by atoms with Crippen molar-refractivity contribution in [2.24, 2.45) is 0 Å². The molecule has 78 valence electrons. The van der Waals surface area contributed by atoms with Gasteiger partial charge in [-0.15, -0.1) is 3.89 Å². The predicted octanol–water partition coefficient (Wildman–Crippen LogP) is 0.503. The maximum Gasteiger partial charge on any atom is 0.335 e. The Labute approximate surface area is 80.7 Å². The summed E-state index contributed by atoms with van der Waals surface area (Å²) >= 11 is 0. The van der Waals surface area contributed by atoms with Crippen LogP contribution in [0, 0.1) is 0 Å². The van der Waals surface area contributed by atoms with Gasteiger partial charge >= 0.3 is 10.2 Å². The zero-order valence-corrected chi connectivity index (χ0v) is 8.08. The molecule has 2 heterocycles. The zero-order chi connectivity index (χ0) is 10.2. The lowest BCUT2D eigenvalue weighted by molar-refractivity contribution is 0.184. The van der Waals surface area contributed by atoms with Crippen molar-refractivity contribution in [3.8, 4) is 0 Å². The van der Waals surface area contributed by atoms with Crippen LogP contribution >= 0.6 is 0 Å². The van der Waals surface area contributed by atoms with E-state index in [4.69, 9.17) is 4.74 Å². The molecule has 0 radical (unpaired) electrons. The van der Waals surface area contributed by atoms with Gasteiger partial charge in [0.15, 0.2) is 0 Å². The second-order valence-corrected chi connectivity index (χ2v) is 4.46. The van der Waals surface area contributed by atoms with Crippen molar-refractivity contribution in [2.45, 2.75) is 17.4 Å². The SMILES string of the molecule is O=S(=O)(F)c1cnn(C2CCOC2)c1. The minimum Gasteiger partial charge on any atom is -0.379 e. The van der Waals surface area contributed by atoms with E-state index in [0.717, 1.165) is 12.6 Å². The quantitative estimate of drug-likeness (QED) is 0.681. The maximum absolute atomic E-state index is 12.5. The van der Waals surface area contributed by atoms with E-state index in [9.17, 15) is 12.3 Å². The van der Waals surface area contributed by atoms with Gasteiger partial charge in [0.1, 0.15) is 4.90 Å². The van der Waals surface area contributed by atoms with E-state index in [2.05, 4.69) is 5.10 Å². The molecule has 1 unspecified atom stereocenters. The van der Waals surface area contributed by atoms with Gasteiger partial charge in [-0.05, 0) is 6.42 Å². The summed E-state index contributed by atoms with van der Waals surface area (Å²) in [6, 6.07) is 0.0190. The lowest BCUT2D eigenvalue weighted by Gasteiger charge is -2.06. The Morgan fingerprint density at radius 3 is 2.93 bits per heavy atom. The molecule has 1 saturated heterocycles. The first-order chi connectivity index (χ1) is 6.57. The molecule has 0 aliphatic carbocycles.